The minimum Gasteiger partial charge on any atom is -0.477 e. The standard InChI is InChI=1S/C33H44N4O4S/c1-23(38)37(27-20-26(14-17-32(2,3)4)42-30(27)31(39)40)33(15-6-5-7-16-33)24-10-12-25(13-11-24)41-29-21-28(34-22-35-29)36-18-8-9-19-36/h20-22,24-25H,5-13,15-16,18-19H2,1-4H3,(H,39,40). The van der Waals surface area contributed by atoms with Gasteiger partial charge in [0, 0.05) is 31.5 Å². The largest absolute Gasteiger partial charge is 0.477 e. The minimum absolute atomic E-state index is 0.0593. The molecule has 2 aliphatic carbocycles. The molecule has 8 nitrogen and oxygen atoms in total. The minimum atomic E-state index is -1.01. The molecule has 1 saturated heterocycles. The fourth-order valence-corrected chi connectivity index (χ4v) is 7.95. The number of aromatic nitrogens is 2. The molecule has 2 saturated carbocycles. The van der Waals surface area contributed by atoms with Crippen molar-refractivity contribution in [3.8, 4) is 17.7 Å². The molecule has 3 fully saturated rings. The van der Waals surface area contributed by atoms with Crippen molar-refractivity contribution < 1.29 is 19.4 Å². The van der Waals surface area contributed by atoms with E-state index in [0.717, 1.165) is 76.7 Å². The predicted molar refractivity (Wildman–Crippen MR) is 166 cm³/mol. The molecule has 0 spiro atoms. The van der Waals surface area contributed by atoms with Gasteiger partial charge >= 0.3 is 5.97 Å². The number of amides is 1. The maximum Gasteiger partial charge on any atom is 0.348 e. The Hall–Kier alpha value is -3.12. The maximum atomic E-state index is 13.5. The molecule has 1 amide bonds. The van der Waals surface area contributed by atoms with Gasteiger partial charge in [-0.1, -0.05) is 31.1 Å². The van der Waals surface area contributed by atoms with Crippen LogP contribution in [0.5, 0.6) is 5.88 Å². The Kier molecular flexibility index (Phi) is 9.12. The van der Waals surface area contributed by atoms with Crippen molar-refractivity contribution >= 4 is 34.7 Å². The molecular formula is C33H44N4O4S. The zero-order valence-corrected chi connectivity index (χ0v) is 26.3. The molecule has 3 heterocycles. The monoisotopic (exact) mass is 592 g/mol. The number of carboxylic acids is 1. The van der Waals surface area contributed by atoms with E-state index in [4.69, 9.17) is 4.74 Å². The number of carbonyl (C=O) groups excluding carboxylic acids is 1. The Morgan fingerprint density at radius 3 is 2.36 bits per heavy atom. The Labute approximate surface area is 253 Å². The van der Waals surface area contributed by atoms with Crippen molar-refractivity contribution in [3.05, 3.63) is 28.2 Å². The van der Waals surface area contributed by atoms with Gasteiger partial charge in [0.05, 0.1) is 16.1 Å². The molecule has 1 aliphatic heterocycles. The van der Waals surface area contributed by atoms with Crippen LogP contribution in [0.25, 0.3) is 0 Å². The lowest BCUT2D eigenvalue weighted by atomic mass is 9.66. The van der Waals surface area contributed by atoms with E-state index in [2.05, 4.69) is 26.7 Å². The number of ether oxygens (including phenoxy) is 1. The molecule has 42 heavy (non-hydrogen) atoms. The Balaban J connectivity index is 1.38. The van der Waals surface area contributed by atoms with Gasteiger partial charge in [-0.3, -0.25) is 4.79 Å². The molecule has 0 radical (unpaired) electrons. The van der Waals surface area contributed by atoms with Crippen molar-refractivity contribution in [2.45, 2.75) is 110 Å². The Morgan fingerprint density at radius 1 is 1.05 bits per heavy atom. The molecule has 0 bridgehead atoms. The summed E-state index contributed by atoms with van der Waals surface area (Å²) in [4.78, 5) is 39.8. The SMILES string of the molecule is CC(=O)N(c1cc(C#CC(C)(C)C)sc1C(=O)O)C1(C2CCC(Oc3cc(N4CCCC4)ncn3)CC2)CCCCC1. The van der Waals surface area contributed by atoms with E-state index in [0.29, 0.717) is 16.4 Å². The summed E-state index contributed by atoms with van der Waals surface area (Å²) < 4.78 is 6.38. The molecule has 3 aliphatic rings. The lowest BCUT2D eigenvalue weighted by Gasteiger charge is -2.52. The molecule has 9 heteroatoms. The van der Waals surface area contributed by atoms with E-state index in [1.54, 1.807) is 13.3 Å². The first-order valence-electron chi connectivity index (χ1n) is 15.5. The number of hydrogen-bond donors (Lipinski definition) is 1. The summed E-state index contributed by atoms with van der Waals surface area (Å²) in [6.45, 7) is 9.72. The Bertz CT molecular complexity index is 1330. The summed E-state index contributed by atoms with van der Waals surface area (Å²) in [7, 11) is 0. The van der Waals surface area contributed by atoms with Crippen LogP contribution in [0.3, 0.4) is 0 Å². The first-order chi connectivity index (χ1) is 20.1. The number of anilines is 2. The van der Waals surface area contributed by atoms with Crippen LogP contribution in [-0.2, 0) is 4.79 Å². The van der Waals surface area contributed by atoms with E-state index in [-0.39, 0.29) is 28.2 Å². The van der Waals surface area contributed by atoms with Gasteiger partial charge in [-0.15, -0.1) is 11.3 Å². The van der Waals surface area contributed by atoms with Crippen LogP contribution in [-0.4, -0.2) is 51.7 Å². The number of thiophene rings is 1. The predicted octanol–water partition coefficient (Wildman–Crippen LogP) is 6.93. The van der Waals surface area contributed by atoms with E-state index in [1.807, 2.05) is 37.8 Å². The fourth-order valence-electron chi connectivity index (χ4n) is 7.12. The second kappa shape index (κ2) is 12.6. The van der Waals surface area contributed by atoms with Crippen LogP contribution in [0.4, 0.5) is 11.5 Å². The first kappa shape index (κ1) is 30.3. The van der Waals surface area contributed by atoms with Crippen molar-refractivity contribution in [1.82, 2.24) is 9.97 Å². The van der Waals surface area contributed by atoms with Gasteiger partial charge in [0.25, 0.3) is 0 Å². The van der Waals surface area contributed by atoms with Gasteiger partial charge in [-0.05, 0) is 84.1 Å². The molecule has 2 aromatic heterocycles. The molecule has 1 N–H and O–H groups in total. The summed E-state index contributed by atoms with van der Waals surface area (Å²) in [5, 5.41) is 10.2. The first-order valence-corrected chi connectivity index (χ1v) is 16.3. The van der Waals surface area contributed by atoms with Crippen molar-refractivity contribution in [3.63, 3.8) is 0 Å². The molecule has 0 aromatic carbocycles. The lowest BCUT2D eigenvalue weighted by Crippen LogP contribution is -2.58. The lowest BCUT2D eigenvalue weighted by molar-refractivity contribution is -0.118. The third-order valence-corrected chi connectivity index (χ3v) is 9.99. The van der Waals surface area contributed by atoms with Crippen LogP contribution >= 0.6 is 11.3 Å². The number of rotatable bonds is 7. The zero-order valence-electron chi connectivity index (χ0n) is 25.4. The van der Waals surface area contributed by atoms with E-state index in [1.165, 1.54) is 24.2 Å². The fraction of sp³-hybridized carbons (Fsp3) is 0.636. The smallest absolute Gasteiger partial charge is 0.348 e. The summed E-state index contributed by atoms with van der Waals surface area (Å²) in [5.74, 6) is 7.11. The maximum absolute atomic E-state index is 13.5. The van der Waals surface area contributed by atoms with Crippen LogP contribution in [0.2, 0.25) is 0 Å². The number of aromatic carboxylic acids is 1. The summed E-state index contributed by atoms with van der Waals surface area (Å²) in [5.41, 5.74) is -0.109. The Morgan fingerprint density at radius 2 is 1.74 bits per heavy atom. The number of hydrogen-bond acceptors (Lipinski definition) is 7. The van der Waals surface area contributed by atoms with Crippen molar-refractivity contribution in [1.29, 1.82) is 0 Å². The van der Waals surface area contributed by atoms with Crippen LogP contribution in [0.1, 0.15) is 113 Å². The molecular weight excluding hydrogens is 548 g/mol. The summed E-state index contributed by atoms with van der Waals surface area (Å²) in [6.07, 6.45) is 12.6. The second-order valence-electron chi connectivity index (χ2n) is 13.1. The average molecular weight is 593 g/mol. The quantitative estimate of drug-likeness (QED) is 0.348. The molecule has 5 rings (SSSR count). The highest BCUT2D eigenvalue weighted by atomic mass is 32.1. The number of nitrogens with zero attached hydrogens (tertiary/aromatic N) is 4. The summed E-state index contributed by atoms with van der Waals surface area (Å²) in [6, 6.07) is 3.80. The third-order valence-electron chi connectivity index (χ3n) is 8.97. The van der Waals surface area contributed by atoms with E-state index < -0.39 is 11.5 Å². The molecule has 0 atom stereocenters. The molecule has 2 aromatic rings. The third kappa shape index (κ3) is 6.75. The van der Waals surface area contributed by atoms with E-state index >= 15 is 0 Å². The highest BCUT2D eigenvalue weighted by Crippen LogP contribution is 2.49. The molecule has 226 valence electrons. The molecule has 0 unspecified atom stereocenters. The van der Waals surface area contributed by atoms with Crippen LogP contribution < -0.4 is 14.5 Å². The van der Waals surface area contributed by atoms with Crippen LogP contribution in [0, 0.1) is 23.2 Å². The van der Waals surface area contributed by atoms with Gasteiger partial charge in [-0.2, -0.15) is 0 Å². The summed E-state index contributed by atoms with van der Waals surface area (Å²) >= 11 is 1.17. The second-order valence-corrected chi connectivity index (χ2v) is 14.2. The van der Waals surface area contributed by atoms with Gasteiger partial charge in [0.2, 0.25) is 11.8 Å². The average Bonchev–Trinajstić information content (AvgIpc) is 3.64. The topological polar surface area (TPSA) is 95.9 Å². The highest BCUT2D eigenvalue weighted by Gasteiger charge is 2.48. The number of carboxylic acid groups (broad SMARTS) is 1. The van der Waals surface area contributed by atoms with Gasteiger partial charge < -0.3 is 19.6 Å². The van der Waals surface area contributed by atoms with Gasteiger partial charge in [0.15, 0.2) is 0 Å². The normalized spacial score (nSPS) is 22.2. The zero-order chi connectivity index (χ0) is 29.9. The van der Waals surface area contributed by atoms with Gasteiger partial charge in [0.1, 0.15) is 23.1 Å². The number of carbonyl (C=O) groups is 2. The van der Waals surface area contributed by atoms with E-state index in [9.17, 15) is 14.7 Å². The van der Waals surface area contributed by atoms with Crippen LogP contribution in [0.15, 0.2) is 18.5 Å². The van der Waals surface area contributed by atoms with Crippen molar-refractivity contribution in [2.75, 3.05) is 22.9 Å². The van der Waals surface area contributed by atoms with Crippen molar-refractivity contribution in [2.24, 2.45) is 11.3 Å². The highest BCUT2D eigenvalue weighted by molar-refractivity contribution is 7.15. The van der Waals surface area contributed by atoms with Gasteiger partial charge in [-0.25, -0.2) is 14.8 Å².